The minimum Gasteiger partial charge on any atom is -0.318 e. The predicted molar refractivity (Wildman–Crippen MR) is 48.3 cm³/mol. The second-order valence-corrected chi connectivity index (χ2v) is 2.58. The molecule has 0 saturated carbocycles. The highest BCUT2D eigenvalue weighted by atomic mass is 16.1. The lowest BCUT2D eigenvalue weighted by Crippen LogP contribution is -2.07. The molecule has 2 aromatic heterocycles. The molecule has 0 unspecified atom stereocenters. The number of nitrogens with one attached hydrogen (secondary N) is 1. The van der Waals surface area contributed by atoms with E-state index in [4.69, 9.17) is 0 Å². The molecule has 6 heteroatoms. The maximum atomic E-state index is 11.3. The first-order valence-corrected chi connectivity index (χ1v) is 3.60. The number of nitrogens with zero attached hydrogens (tertiary/aromatic N) is 4. The number of aliphatic imine (C=N–C) groups is 1. The van der Waals surface area contributed by atoms with E-state index in [1.54, 1.807) is 11.6 Å². The van der Waals surface area contributed by atoms with Gasteiger partial charge in [0.15, 0.2) is 11.2 Å². The zero-order valence-electron chi connectivity index (χ0n) is 6.98. The Hall–Kier alpha value is -1.98. The van der Waals surface area contributed by atoms with Gasteiger partial charge in [0, 0.05) is 7.05 Å². The van der Waals surface area contributed by atoms with E-state index in [9.17, 15) is 4.79 Å². The number of fused-ring (bicyclic) bond motifs is 1. The molecule has 0 fully saturated rings. The summed E-state index contributed by atoms with van der Waals surface area (Å²) in [7, 11) is 1.76. The van der Waals surface area contributed by atoms with Gasteiger partial charge < -0.3 is 4.57 Å². The molecule has 0 radical (unpaired) electrons. The standard InChI is InChI=1S/C7H7N5O/c1-8-7-10-5-4(6(13)11-7)9-3-12(5)2/h3H,1H2,2H3,(H,10,11,13). The molecule has 0 spiro atoms. The predicted octanol–water partition coefficient (Wildman–Crippen LogP) is -0.0113. The van der Waals surface area contributed by atoms with Gasteiger partial charge in [0.2, 0.25) is 5.95 Å². The van der Waals surface area contributed by atoms with Crippen molar-refractivity contribution in [2.75, 3.05) is 0 Å². The highest BCUT2D eigenvalue weighted by Crippen LogP contribution is 2.06. The molecular formula is C7H7N5O. The second-order valence-electron chi connectivity index (χ2n) is 2.58. The van der Waals surface area contributed by atoms with Crippen LogP contribution in [0.3, 0.4) is 0 Å². The van der Waals surface area contributed by atoms with Gasteiger partial charge in [-0.15, -0.1) is 0 Å². The smallest absolute Gasteiger partial charge is 0.280 e. The molecule has 6 nitrogen and oxygen atoms in total. The molecule has 13 heavy (non-hydrogen) atoms. The molecule has 0 saturated heterocycles. The summed E-state index contributed by atoms with van der Waals surface area (Å²) >= 11 is 0. The van der Waals surface area contributed by atoms with Crippen LogP contribution in [0.5, 0.6) is 0 Å². The van der Waals surface area contributed by atoms with Gasteiger partial charge in [-0.25, -0.2) is 9.98 Å². The van der Waals surface area contributed by atoms with E-state index < -0.39 is 0 Å². The van der Waals surface area contributed by atoms with Crippen molar-refractivity contribution >= 4 is 23.8 Å². The Balaban J connectivity index is 2.96. The van der Waals surface area contributed by atoms with Crippen molar-refractivity contribution in [1.29, 1.82) is 0 Å². The Morgan fingerprint density at radius 1 is 1.69 bits per heavy atom. The Bertz CT molecular complexity index is 523. The van der Waals surface area contributed by atoms with Gasteiger partial charge in [-0.1, -0.05) is 0 Å². The first-order valence-electron chi connectivity index (χ1n) is 3.60. The molecule has 1 N–H and O–H groups in total. The number of H-pyrrole nitrogens is 1. The van der Waals surface area contributed by atoms with Crippen LogP contribution in [0.4, 0.5) is 5.95 Å². The van der Waals surface area contributed by atoms with Gasteiger partial charge >= 0.3 is 0 Å². The van der Waals surface area contributed by atoms with Crippen molar-refractivity contribution in [3.63, 3.8) is 0 Å². The Labute approximate surface area is 73.0 Å². The molecule has 0 aliphatic carbocycles. The Morgan fingerprint density at radius 3 is 3.15 bits per heavy atom. The third kappa shape index (κ3) is 1.03. The molecule has 0 amide bonds. The van der Waals surface area contributed by atoms with Crippen molar-refractivity contribution in [1.82, 2.24) is 19.5 Å². The summed E-state index contributed by atoms with van der Waals surface area (Å²) in [5.41, 5.74) is 0.522. The fraction of sp³-hybridized carbons (Fsp3) is 0.143. The van der Waals surface area contributed by atoms with Crippen molar-refractivity contribution in [3.8, 4) is 0 Å². The molecule has 0 bridgehead atoms. The number of hydrogen-bond donors (Lipinski definition) is 1. The van der Waals surface area contributed by atoms with Gasteiger partial charge in [-0.3, -0.25) is 9.78 Å². The third-order valence-electron chi connectivity index (χ3n) is 1.71. The van der Waals surface area contributed by atoms with Gasteiger partial charge in [0.25, 0.3) is 5.56 Å². The maximum absolute atomic E-state index is 11.3. The number of hydrogen-bond acceptors (Lipinski definition) is 4. The Kier molecular flexibility index (Phi) is 1.48. The fourth-order valence-corrected chi connectivity index (χ4v) is 1.08. The fourth-order valence-electron chi connectivity index (χ4n) is 1.08. The van der Waals surface area contributed by atoms with E-state index in [0.29, 0.717) is 11.2 Å². The summed E-state index contributed by atoms with van der Waals surface area (Å²) in [6.07, 6.45) is 1.53. The summed E-state index contributed by atoms with van der Waals surface area (Å²) < 4.78 is 1.65. The number of aromatic nitrogens is 4. The molecule has 0 atom stereocenters. The van der Waals surface area contributed by atoms with Crippen molar-refractivity contribution in [2.45, 2.75) is 0 Å². The molecule has 0 aromatic carbocycles. The lowest BCUT2D eigenvalue weighted by Gasteiger charge is -1.93. The van der Waals surface area contributed by atoms with E-state index in [1.807, 2.05) is 0 Å². The summed E-state index contributed by atoms with van der Waals surface area (Å²) in [5.74, 6) is 0.209. The zero-order chi connectivity index (χ0) is 9.42. The first kappa shape index (κ1) is 7.66. The van der Waals surface area contributed by atoms with Crippen LogP contribution in [0.15, 0.2) is 16.1 Å². The molecule has 2 heterocycles. The number of imidazole rings is 1. The highest BCUT2D eigenvalue weighted by Gasteiger charge is 2.06. The van der Waals surface area contributed by atoms with Crippen LogP contribution >= 0.6 is 0 Å². The average Bonchev–Trinajstić information content (AvgIpc) is 2.48. The van der Waals surface area contributed by atoms with Crippen molar-refractivity contribution < 1.29 is 0 Å². The minimum absolute atomic E-state index is 0.209. The topological polar surface area (TPSA) is 75.9 Å². The first-order chi connectivity index (χ1) is 6.22. The van der Waals surface area contributed by atoms with Gasteiger partial charge in [-0.05, 0) is 6.72 Å². The quantitative estimate of drug-likeness (QED) is 0.622. The molecule has 66 valence electrons. The van der Waals surface area contributed by atoms with Crippen LogP contribution in [0.2, 0.25) is 0 Å². The zero-order valence-corrected chi connectivity index (χ0v) is 6.98. The number of aryl methyl sites for hydroxylation is 1. The normalized spacial score (nSPS) is 10.5. The summed E-state index contributed by atoms with van der Waals surface area (Å²) in [6.45, 7) is 3.28. The van der Waals surface area contributed by atoms with Gasteiger partial charge in [-0.2, -0.15) is 4.98 Å². The van der Waals surface area contributed by atoms with Crippen LogP contribution in [0.25, 0.3) is 11.2 Å². The van der Waals surface area contributed by atoms with Crippen LogP contribution < -0.4 is 5.56 Å². The van der Waals surface area contributed by atoms with E-state index in [0.717, 1.165) is 0 Å². The lowest BCUT2D eigenvalue weighted by atomic mass is 10.5. The average molecular weight is 177 g/mol. The lowest BCUT2D eigenvalue weighted by molar-refractivity contribution is 0.927. The third-order valence-corrected chi connectivity index (χ3v) is 1.71. The van der Waals surface area contributed by atoms with E-state index in [2.05, 4.69) is 26.7 Å². The van der Waals surface area contributed by atoms with Crippen LogP contribution in [-0.2, 0) is 7.05 Å². The van der Waals surface area contributed by atoms with Gasteiger partial charge in [0.1, 0.15) is 0 Å². The molecule has 2 aromatic rings. The summed E-state index contributed by atoms with van der Waals surface area (Å²) in [6, 6.07) is 0. The van der Waals surface area contributed by atoms with Crippen molar-refractivity contribution in [3.05, 3.63) is 16.7 Å². The monoisotopic (exact) mass is 177 g/mol. The van der Waals surface area contributed by atoms with Crippen molar-refractivity contribution in [2.24, 2.45) is 12.0 Å². The van der Waals surface area contributed by atoms with E-state index in [-0.39, 0.29) is 11.5 Å². The van der Waals surface area contributed by atoms with Crippen LogP contribution in [-0.4, -0.2) is 26.2 Å². The summed E-state index contributed by atoms with van der Waals surface area (Å²) in [5, 5.41) is 0. The van der Waals surface area contributed by atoms with Crippen LogP contribution in [0.1, 0.15) is 0 Å². The van der Waals surface area contributed by atoms with Gasteiger partial charge in [0.05, 0.1) is 6.33 Å². The molecular weight excluding hydrogens is 170 g/mol. The second kappa shape index (κ2) is 2.51. The molecule has 0 aliphatic rings. The largest absolute Gasteiger partial charge is 0.318 e. The number of aromatic amines is 1. The highest BCUT2D eigenvalue weighted by molar-refractivity contribution is 5.70. The maximum Gasteiger partial charge on any atom is 0.280 e. The van der Waals surface area contributed by atoms with E-state index >= 15 is 0 Å². The molecule has 0 aliphatic heterocycles. The minimum atomic E-state index is -0.298. The molecule has 2 rings (SSSR count). The van der Waals surface area contributed by atoms with Crippen LogP contribution in [0, 0.1) is 0 Å². The number of rotatable bonds is 1. The van der Waals surface area contributed by atoms with E-state index in [1.165, 1.54) is 6.33 Å². The Morgan fingerprint density at radius 2 is 2.46 bits per heavy atom. The summed E-state index contributed by atoms with van der Waals surface area (Å²) in [4.78, 5) is 25.2. The SMILES string of the molecule is C=Nc1nc2c(ncn2C)c(=O)[nH]1.